The number of nitrogens with zero attached hydrogens (tertiary/aromatic N) is 3. The summed E-state index contributed by atoms with van der Waals surface area (Å²) < 4.78 is 0. The van der Waals surface area contributed by atoms with E-state index in [-0.39, 0.29) is 0 Å². The summed E-state index contributed by atoms with van der Waals surface area (Å²) in [7, 11) is 0. The molecule has 0 atom stereocenters. The summed E-state index contributed by atoms with van der Waals surface area (Å²) in [5.74, 6) is 1.18. The van der Waals surface area contributed by atoms with Gasteiger partial charge in [-0.25, -0.2) is 9.97 Å². The number of aryl methyl sites for hydroxylation is 2. The number of aliphatic imine (C=N–C) groups is 1. The van der Waals surface area contributed by atoms with Gasteiger partial charge in [-0.15, -0.1) is 0 Å². The summed E-state index contributed by atoms with van der Waals surface area (Å²) in [4.78, 5) is 12.4. The van der Waals surface area contributed by atoms with E-state index in [1.54, 1.807) is 6.21 Å². The molecule has 0 aliphatic heterocycles. The summed E-state index contributed by atoms with van der Waals surface area (Å²) >= 11 is 0. The average Bonchev–Trinajstić information content (AvgIpc) is 2.17. The summed E-state index contributed by atoms with van der Waals surface area (Å²) in [5, 5.41) is 0. The number of rotatable bonds is 4. The van der Waals surface area contributed by atoms with Gasteiger partial charge in [-0.05, 0) is 13.3 Å². The molecule has 0 unspecified atom stereocenters. The van der Waals surface area contributed by atoms with Crippen LogP contribution in [-0.4, -0.2) is 16.2 Å². The number of anilines is 1. The van der Waals surface area contributed by atoms with Gasteiger partial charge in [0.15, 0.2) is 0 Å². The third kappa shape index (κ3) is 2.87. The van der Waals surface area contributed by atoms with Crippen molar-refractivity contribution >= 4 is 12.0 Å². The Morgan fingerprint density at radius 1 is 1.47 bits per heavy atom. The highest BCUT2D eigenvalue weighted by Gasteiger charge is 2.07. The summed E-state index contributed by atoms with van der Waals surface area (Å²) in [5.41, 5.74) is 7.58. The van der Waals surface area contributed by atoms with Gasteiger partial charge < -0.3 is 5.73 Å². The second-order valence-corrected chi connectivity index (χ2v) is 3.23. The first kappa shape index (κ1) is 11.4. The molecule has 1 heterocycles. The maximum absolute atomic E-state index is 5.82. The van der Waals surface area contributed by atoms with E-state index in [1.807, 2.05) is 6.92 Å². The van der Waals surface area contributed by atoms with E-state index in [9.17, 15) is 0 Å². The van der Waals surface area contributed by atoms with E-state index >= 15 is 0 Å². The Morgan fingerprint density at radius 3 is 2.80 bits per heavy atom. The van der Waals surface area contributed by atoms with Crippen molar-refractivity contribution < 1.29 is 0 Å². The molecule has 15 heavy (non-hydrogen) atoms. The molecule has 4 nitrogen and oxygen atoms in total. The lowest BCUT2D eigenvalue weighted by atomic mass is 10.1. The standard InChI is InChI=1S/C11H16N4/c1-4-6-10-9(7-13-5-2)11(12)15-8(3)14-10/h5,7H,2,4,6H2,1,3H3,(H2,12,14,15). The van der Waals surface area contributed by atoms with Crippen LogP contribution in [0.15, 0.2) is 17.8 Å². The zero-order valence-electron chi connectivity index (χ0n) is 9.20. The fourth-order valence-corrected chi connectivity index (χ4v) is 1.36. The van der Waals surface area contributed by atoms with E-state index in [0.29, 0.717) is 11.6 Å². The highest BCUT2D eigenvalue weighted by molar-refractivity contribution is 5.87. The van der Waals surface area contributed by atoms with Crippen molar-refractivity contribution in [3.05, 3.63) is 29.9 Å². The fourth-order valence-electron chi connectivity index (χ4n) is 1.36. The van der Waals surface area contributed by atoms with Gasteiger partial charge in [0.1, 0.15) is 11.6 Å². The molecule has 0 aromatic carbocycles. The van der Waals surface area contributed by atoms with Crippen molar-refractivity contribution in [2.75, 3.05) is 5.73 Å². The van der Waals surface area contributed by atoms with Gasteiger partial charge in [-0.1, -0.05) is 19.9 Å². The summed E-state index contributed by atoms with van der Waals surface area (Å²) in [6, 6.07) is 0. The van der Waals surface area contributed by atoms with Crippen LogP contribution in [0.2, 0.25) is 0 Å². The van der Waals surface area contributed by atoms with Crippen molar-refractivity contribution in [1.82, 2.24) is 9.97 Å². The molecule has 0 saturated heterocycles. The molecule has 0 radical (unpaired) electrons. The van der Waals surface area contributed by atoms with Crippen LogP contribution in [0.4, 0.5) is 5.82 Å². The lowest BCUT2D eigenvalue weighted by Gasteiger charge is -2.06. The van der Waals surface area contributed by atoms with Crippen LogP contribution in [0.25, 0.3) is 0 Å². The van der Waals surface area contributed by atoms with Gasteiger partial charge in [0.25, 0.3) is 0 Å². The highest BCUT2D eigenvalue weighted by atomic mass is 14.9. The maximum Gasteiger partial charge on any atom is 0.136 e. The van der Waals surface area contributed by atoms with Gasteiger partial charge in [0, 0.05) is 12.4 Å². The number of hydrogen-bond acceptors (Lipinski definition) is 4. The molecule has 80 valence electrons. The maximum atomic E-state index is 5.82. The molecule has 0 amide bonds. The first-order valence-electron chi connectivity index (χ1n) is 4.96. The molecule has 0 aliphatic rings. The smallest absolute Gasteiger partial charge is 0.136 e. The second-order valence-electron chi connectivity index (χ2n) is 3.23. The zero-order chi connectivity index (χ0) is 11.3. The summed E-state index contributed by atoms with van der Waals surface area (Å²) in [6.07, 6.45) is 5.03. The van der Waals surface area contributed by atoms with Crippen LogP contribution in [-0.2, 0) is 6.42 Å². The zero-order valence-corrected chi connectivity index (χ0v) is 9.20. The molecule has 0 bridgehead atoms. The molecule has 1 aromatic heterocycles. The Labute approximate surface area is 90.0 Å². The van der Waals surface area contributed by atoms with E-state index in [2.05, 4.69) is 28.5 Å². The van der Waals surface area contributed by atoms with Crippen molar-refractivity contribution in [2.45, 2.75) is 26.7 Å². The molecule has 0 spiro atoms. The molecular formula is C11H16N4. The van der Waals surface area contributed by atoms with Crippen molar-refractivity contribution in [1.29, 1.82) is 0 Å². The van der Waals surface area contributed by atoms with E-state index in [4.69, 9.17) is 5.73 Å². The van der Waals surface area contributed by atoms with E-state index in [0.717, 1.165) is 24.1 Å². The molecule has 1 aromatic rings. The van der Waals surface area contributed by atoms with E-state index < -0.39 is 0 Å². The van der Waals surface area contributed by atoms with Crippen LogP contribution in [0.5, 0.6) is 0 Å². The Morgan fingerprint density at radius 2 is 2.20 bits per heavy atom. The SMILES string of the molecule is C=CN=Cc1c(N)nc(C)nc1CCC. The lowest BCUT2D eigenvalue weighted by molar-refractivity contribution is 0.856. The molecule has 0 aliphatic carbocycles. The quantitative estimate of drug-likeness (QED) is 0.761. The van der Waals surface area contributed by atoms with Gasteiger partial charge in [-0.2, -0.15) is 0 Å². The molecule has 0 saturated carbocycles. The van der Waals surface area contributed by atoms with Crippen LogP contribution >= 0.6 is 0 Å². The number of aromatic nitrogens is 2. The first-order valence-corrected chi connectivity index (χ1v) is 4.96. The monoisotopic (exact) mass is 204 g/mol. The lowest BCUT2D eigenvalue weighted by Crippen LogP contribution is -2.07. The van der Waals surface area contributed by atoms with Gasteiger partial charge in [0.2, 0.25) is 0 Å². The summed E-state index contributed by atoms with van der Waals surface area (Å²) in [6.45, 7) is 7.46. The first-order chi connectivity index (χ1) is 7.19. The highest BCUT2D eigenvalue weighted by Crippen LogP contribution is 2.13. The fraction of sp³-hybridized carbons (Fsp3) is 0.364. The van der Waals surface area contributed by atoms with Gasteiger partial charge >= 0.3 is 0 Å². The molecular weight excluding hydrogens is 188 g/mol. The minimum absolute atomic E-state index is 0.483. The third-order valence-electron chi connectivity index (χ3n) is 1.96. The van der Waals surface area contributed by atoms with Gasteiger partial charge in [-0.3, -0.25) is 4.99 Å². The second kappa shape index (κ2) is 5.24. The van der Waals surface area contributed by atoms with Crippen LogP contribution in [0.1, 0.15) is 30.4 Å². The largest absolute Gasteiger partial charge is 0.383 e. The topological polar surface area (TPSA) is 64.2 Å². The Kier molecular flexibility index (Phi) is 3.97. The third-order valence-corrected chi connectivity index (χ3v) is 1.96. The average molecular weight is 204 g/mol. The normalized spacial score (nSPS) is 10.8. The van der Waals surface area contributed by atoms with Crippen LogP contribution in [0.3, 0.4) is 0 Å². The van der Waals surface area contributed by atoms with E-state index in [1.165, 1.54) is 6.20 Å². The molecule has 4 heteroatoms. The number of hydrogen-bond donors (Lipinski definition) is 1. The Bertz CT molecular complexity index is 382. The predicted molar refractivity (Wildman–Crippen MR) is 63.0 cm³/mol. The van der Waals surface area contributed by atoms with Crippen molar-refractivity contribution in [2.24, 2.45) is 4.99 Å². The molecule has 2 N–H and O–H groups in total. The minimum atomic E-state index is 0.483. The molecule has 0 fully saturated rings. The minimum Gasteiger partial charge on any atom is -0.383 e. The predicted octanol–water partition coefficient (Wildman–Crippen LogP) is 1.88. The van der Waals surface area contributed by atoms with Gasteiger partial charge in [0.05, 0.1) is 11.3 Å². The molecule has 1 rings (SSSR count). The Balaban J connectivity index is 3.19. The number of nitrogens with two attached hydrogens (primary N) is 1. The van der Waals surface area contributed by atoms with Crippen LogP contribution in [0, 0.1) is 6.92 Å². The number of nitrogen functional groups attached to an aromatic ring is 1. The van der Waals surface area contributed by atoms with Crippen molar-refractivity contribution in [3.63, 3.8) is 0 Å². The van der Waals surface area contributed by atoms with Crippen molar-refractivity contribution in [3.8, 4) is 0 Å². The Hall–Kier alpha value is -1.71. The van der Waals surface area contributed by atoms with Crippen LogP contribution < -0.4 is 5.73 Å².